The summed E-state index contributed by atoms with van der Waals surface area (Å²) in [5.74, 6) is 6.82. The third-order valence-corrected chi connectivity index (χ3v) is 1.45. The van der Waals surface area contributed by atoms with Gasteiger partial charge in [-0.1, -0.05) is 25.7 Å². The maximum Gasteiger partial charge on any atom is 0.0646 e. The van der Waals surface area contributed by atoms with E-state index in [1.807, 2.05) is 13.2 Å². The van der Waals surface area contributed by atoms with Gasteiger partial charge in [0.05, 0.1) is 11.8 Å². The molecule has 1 aromatic heterocycles. The second-order valence-corrected chi connectivity index (χ2v) is 3.30. The fraction of sp³-hybridized carbons (Fsp3) is 0.500. The fourth-order valence-electron chi connectivity index (χ4n) is 0.843. The Hall–Kier alpha value is -1.23. The molecule has 0 radical (unpaired) electrons. The molecule has 0 bridgehead atoms. The van der Waals surface area contributed by atoms with Gasteiger partial charge in [0.15, 0.2) is 0 Å². The van der Waals surface area contributed by atoms with Gasteiger partial charge in [-0.05, 0) is 5.92 Å². The molecule has 12 heavy (non-hydrogen) atoms. The van der Waals surface area contributed by atoms with Crippen LogP contribution in [0.25, 0.3) is 0 Å². The Morgan fingerprint density at radius 1 is 1.58 bits per heavy atom. The molecule has 0 N–H and O–H groups in total. The normalized spacial score (nSPS) is 9.67. The highest BCUT2D eigenvalue weighted by Crippen LogP contribution is 1.98. The van der Waals surface area contributed by atoms with Crippen LogP contribution in [0, 0.1) is 17.8 Å². The Labute approximate surface area is 73.6 Å². The van der Waals surface area contributed by atoms with Crippen LogP contribution < -0.4 is 0 Å². The molecule has 0 spiro atoms. The number of aryl methyl sites for hydroxylation is 1. The van der Waals surface area contributed by atoms with Crippen LogP contribution in [0.1, 0.15) is 25.8 Å². The van der Waals surface area contributed by atoms with Crippen LogP contribution in [0.4, 0.5) is 0 Å². The Kier molecular flexibility index (Phi) is 2.93. The van der Waals surface area contributed by atoms with Crippen molar-refractivity contribution < 1.29 is 0 Å². The lowest BCUT2D eigenvalue weighted by Crippen LogP contribution is -1.84. The minimum Gasteiger partial charge on any atom is -0.275 e. The van der Waals surface area contributed by atoms with Gasteiger partial charge in [0, 0.05) is 19.7 Å². The minimum absolute atomic E-state index is 0.647. The summed E-state index contributed by atoms with van der Waals surface area (Å²) in [6.07, 6.45) is 4.66. The first kappa shape index (κ1) is 8.86. The SMILES string of the molecule is CC(C)CC#Cc1cnn(C)c1. The van der Waals surface area contributed by atoms with E-state index >= 15 is 0 Å². The summed E-state index contributed by atoms with van der Waals surface area (Å²) in [6, 6.07) is 0. The molecule has 0 unspecified atom stereocenters. The average Bonchev–Trinajstić information content (AvgIpc) is 2.35. The molecule has 0 atom stereocenters. The molecule has 2 heteroatoms. The molecule has 0 saturated heterocycles. The summed E-state index contributed by atoms with van der Waals surface area (Å²) >= 11 is 0. The molecule has 1 rings (SSSR count). The smallest absolute Gasteiger partial charge is 0.0646 e. The number of nitrogens with zero attached hydrogens (tertiary/aromatic N) is 2. The van der Waals surface area contributed by atoms with Gasteiger partial charge in [-0.25, -0.2) is 0 Å². The van der Waals surface area contributed by atoms with E-state index in [2.05, 4.69) is 30.8 Å². The van der Waals surface area contributed by atoms with Crippen molar-refractivity contribution in [3.63, 3.8) is 0 Å². The summed E-state index contributed by atoms with van der Waals surface area (Å²) in [5, 5.41) is 4.03. The topological polar surface area (TPSA) is 17.8 Å². The summed E-state index contributed by atoms with van der Waals surface area (Å²) in [6.45, 7) is 4.33. The van der Waals surface area contributed by atoms with Gasteiger partial charge in [0.1, 0.15) is 0 Å². The van der Waals surface area contributed by atoms with E-state index in [4.69, 9.17) is 0 Å². The summed E-state index contributed by atoms with van der Waals surface area (Å²) in [7, 11) is 1.90. The van der Waals surface area contributed by atoms with Crippen molar-refractivity contribution in [2.45, 2.75) is 20.3 Å². The highest BCUT2D eigenvalue weighted by Gasteiger charge is 1.89. The highest BCUT2D eigenvalue weighted by atomic mass is 15.2. The van der Waals surface area contributed by atoms with Crippen LogP contribution in [0.5, 0.6) is 0 Å². The lowest BCUT2D eigenvalue weighted by molar-refractivity contribution is 0.676. The quantitative estimate of drug-likeness (QED) is 0.576. The molecular weight excluding hydrogens is 148 g/mol. The maximum absolute atomic E-state index is 4.03. The molecular formula is C10H14N2. The Balaban J connectivity index is 2.55. The number of hydrogen-bond acceptors (Lipinski definition) is 1. The van der Waals surface area contributed by atoms with E-state index in [9.17, 15) is 0 Å². The Morgan fingerprint density at radius 2 is 2.33 bits per heavy atom. The van der Waals surface area contributed by atoms with E-state index in [0.29, 0.717) is 5.92 Å². The van der Waals surface area contributed by atoms with Gasteiger partial charge < -0.3 is 0 Å². The van der Waals surface area contributed by atoms with Crippen LogP contribution in [0.15, 0.2) is 12.4 Å². The van der Waals surface area contributed by atoms with Crippen LogP contribution in [0.2, 0.25) is 0 Å². The second kappa shape index (κ2) is 3.96. The molecule has 0 aromatic carbocycles. The van der Waals surface area contributed by atoms with E-state index in [1.165, 1.54) is 0 Å². The molecule has 0 aliphatic rings. The minimum atomic E-state index is 0.647. The van der Waals surface area contributed by atoms with Crippen molar-refractivity contribution in [3.05, 3.63) is 18.0 Å². The van der Waals surface area contributed by atoms with Crippen LogP contribution in [-0.2, 0) is 7.05 Å². The fourth-order valence-corrected chi connectivity index (χ4v) is 0.843. The van der Waals surface area contributed by atoms with Gasteiger partial charge in [-0.3, -0.25) is 4.68 Å². The average molecular weight is 162 g/mol. The van der Waals surface area contributed by atoms with Gasteiger partial charge in [0.25, 0.3) is 0 Å². The first-order valence-corrected chi connectivity index (χ1v) is 4.16. The zero-order valence-electron chi connectivity index (χ0n) is 7.83. The summed E-state index contributed by atoms with van der Waals surface area (Å²) < 4.78 is 1.76. The molecule has 0 amide bonds. The maximum atomic E-state index is 4.03. The van der Waals surface area contributed by atoms with Crippen molar-refractivity contribution >= 4 is 0 Å². The van der Waals surface area contributed by atoms with Crippen LogP contribution in [0.3, 0.4) is 0 Å². The molecule has 64 valence electrons. The van der Waals surface area contributed by atoms with Crippen molar-refractivity contribution in [2.75, 3.05) is 0 Å². The van der Waals surface area contributed by atoms with Crippen molar-refractivity contribution in [1.29, 1.82) is 0 Å². The molecule has 0 aliphatic heterocycles. The van der Waals surface area contributed by atoms with Gasteiger partial charge in [-0.15, -0.1) is 0 Å². The van der Waals surface area contributed by atoms with Gasteiger partial charge >= 0.3 is 0 Å². The van der Waals surface area contributed by atoms with E-state index in [0.717, 1.165) is 12.0 Å². The number of rotatable bonds is 1. The summed E-state index contributed by atoms with van der Waals surface area (Å²) in [5.41, 5.74) is 0.998. The summed E-state index contributed by atoms with van der Waals surface area (Å²) in [4.78, 5) is 0. The third kappa shape index (κ3) is 2.79. The molecule has 0 saturated carbocycles. The highest BCUT2D eigenvalue weighted by molar-refractivity contribution is 5.29. The molecule has 0 fully saturated rings. The Morgan fingerprint density at radius 3 is 2.83 bits per heavy atom. The molecule has 1 heterocycles. The van der Waals surface area contributed by atoms with Crippen molar-refractivity contribution in [2.24, 2.45) is 13.0 Å². The lowest BCUT2D eigenvalue weighted by atomic mass is 10.1. The van der Waals surface area contributed by atoms with Crippen molar-refractivity contribution in [1.82, 2.24) is 9.78 Å². The van der Waals surface area contributed by atoms with E-state index in [1.54, 1.807) is 10.9 Å². The molecule has 2 nitrogen and oxygen atoms in total. The third-order valence-electron chi connectivity index (χ3n) is 1.45. The van der Waals surface area contributed by atoms with E-state index < -0.39 is 0 Å². The molecule has 1 aromatic rings. The standard InChI is InChI=1S/C10H14N2/c1-9(2)5-4-6-10-7-11-12(3)8-10/h7-9H,5H2,1-3H3. The first-order valence-electron chi connectivity index (χ1n) is 4.16. The first-order chi connectivity index (χ1) is 5.68. The predicted octanol–water partition coefficient (Wildman–Crippen LogP) is 1.82. The number of aromatic nitrogens is 2. The zero-order valence-corrected chi connectivity index (χ0v) is 7.83. The van der Waals surface area contributed by atoms with Crippen LogP contribution >= 0.6 is 0 Å². The lowest BCUT2D eigenvalue weighted by Gasteiger charge is -1.91. The van der Waals surface area contributed by atoms with Crippen LogP contribution in [-0.4, -0.2) is 9.78 Å². The molecule has 0 aliphatic carbocycles. The van der Waals surface area contributed by atoms with Gasteiger partial charge in [-0.2, -0.15) is 5.10 Å². The Bertz CT molecular complexity index is 299. The van der Waals surface area contributed by atoms with Crippen molar-refractivity contribution in [3.8, 4) is 11.8 Å². The largest absolute Gasteiger partial charge is 0.275 e. The van der Waals surface area contributed by atoms with E-state index in [-0.39, 0.29) is 0 Å². The monoisotopic (exact) mass is 162 g/mol. The predicted molar refractivity (Wildman–Crippen MR) is 49.5 cm³/mol. The second-order valence-electron chi connectivity index (χ2n) is 3.30. The number of hydrogen-bond donors (Lipinski definition) is 0. The van der Waals surface area contributed by atoms with Gasteiger partial charge in [0.2, 0.25) is 0 Å². The zero-order chi connectivity index (χ0) is 8.97.